The van der Waals surface area contributed by atoms with E-state index in [2.05, 4.69) is 6.07 Å². The molecule has 0 aromatic heterocycles. The minimum absolute atomic E-state index is 0.413. The van der Waals surface area contributed by atoms with Gasteiger partial charge in [0.15, 0.2) is 11.5 Å². The van der Waals surface area contributed by atoms with Gasteiger partial charge in [0, 0.05) is 6.42 Å². The number of nitrogens with zero attached hydrogens (tertiary/aromatic N) is 1. The Morgan fingerprint density at radius 2 is 2.00 bits per heavy atom. The Morgan fingerprint density at radius 1 is 1.21 bits per heavy atom. The van der Waals surface area contributed by atoms with Gasteiger partial charge >= 0.3 is 0 Å². The SMILES string of the molecule is N#CCc1ccc2c(c1)OCCCO2. The van der Waals surface area contributed by atoms with Gasteiger partial charge in [0.1, 0.15) is 0 Å². The first-order valence-electron chi connectivity index (χ1n) is 4.65. The van der Waals surface area contributed by atoms with Gasteiger partial charge in [-0.25, -0.2) is 0 Å². The van der Waals surface area contributed by atoms with E-state index in [9.17, 15) is 0 Å². The second-order valence-corrected chi connectivity index (χ2v) is 3.17. The highest BCUT2D eigenvalue weighted by Gasteiger charge is 2.09. The van der Waals surface area contributed by atoms with Crippen LogP contribution in [0.1, 0.15) is 12.0 Å². The van der Waals surface area contributed by atoms with Crippen LogP contribution < -0.4 is 9.47 Å². The van der Waals surface area contributed by atoms with Crippen molar-refractivity contribution in [3.63, 3.8) is 0 Å². The molecular formula is C11H11NO2. The van der Waals surface area contributed by atoms with Gasteiger partial charge in [-0.1, -0.05) is 6.07 Å². The molecule has 1 aromatic carbocycles. The maximum Gasteiger partial charge on any atom is 0.161 e. The molecule has 1 aliphatic heterocycles. The smallest absolute Gasteiger partial charge is 0.161 e. The van der Waals surface area contributed by atoms with E-state index in [0.717, 1.165) is 23.5 Å². The van der Waals surface area contributed by atoms with Crippen molar-refractivity contribution in [3.05, 3.63) is 23.8 Å². The van der Waals surface area contributed by atoms with Crippen LogP contribution >= 0.6 is 0 Å². The first-order valence-corrected chi connectivity index (χ1v) is 4.65. The number of benzene rings is 1. The molecule has 3 nitrogen and oxygen atoms in total. The summed E-state index contributed by atoms with van der Waals surface area (Å²) in [5.41, 5.74) is 0.969. The molecule has 1 aliphatic rings. The van der Waals surface area contributed by atoms with Crippen molar-refractivity contribution in [1.82, 2.24) is 0 Å². The van der Waals surface area contributed by atoms with Crippen molar-refractivity contribution in [2.24, 2.45) is 0 Å². The van der Waals surface area contributed by atoms with E-state index < -0.39 is 0 Å². The zero-order valence-corrected chi connectivity index (χ0v) is 7.82. The van der Waals surface area contributed by atoms with Crippen molar-refractivity contribution in [2.45, 2.75) is 12.8 Å². The summed E-state index contributed by atoms with van der Waals surface area (Å²) in [5.74, 6) is 1.54. The highest BCUT2D eigenvalue weighted by molar-refractivity contribution is 5.43. The fraction of sp³-hybridized carbons (Fsp3) is 0.364. The average molecular weight is 189 g/mol. The minimum Gasteiger partial charge on any atom is -0.490 e. The normalized spacial score (nSPS) is 14.2. The number of rotatable bonds is 1. The highest BCUT2D eigenvalue weighted by Crippen LogP contribution is 2.30. The third-order valence-electron chi connectivity index (χ3n) is 2.10. The molecule has 1 aromatic rings. The van der Waals surface area contributed by atoms with Crippen molar-refractivity contribution in [1.29, 1.82) is 5.26 Å². The van der Waals surface area contributed by atoms with Crippen LogP contribution in [0.4, 0.5) is 0 Å². The Labute approximate surface area is 82.9 Å². The molecule has 0 amide bonds. The zero-order chi connectivity index (χ0) is 9.80. The van der Waals surface area contributed by atoms with Crippen LogP contribution in [0.5, 0.6) is 11.5 Å². The molecule has 3 heteroatoms. The summed E-state index contributed by atoms with van der Waals surface area (Å²) in [4.78, 5) is 0. The number of hydrogen-bond donors (Lipinski definition) is 0. The van der Waals surface area contributed by atoms with Crippen LogP contribution in [-0.4, -0.2) is 13.2 Å². The molecule has 0 spiro atoms. The molecule has 72 valence electrons. The monoisotopic (exact) mass is 189 g/mol. The number of fused-ring (bicyclic) bond motifs is 1. The standard InChI is InChI=1S/C11H11NO2/c12-5-4-9-2-3-10-11(8-9)14-7-1-6-13-10/h2-3,8H,1,4,6-7H2. The lowest BCUT2D eigenvalue weighted by molar-refractivity contribution is 0.297. The molecular weight excluding hydrogens is 178 g/mol. The zero-order valence-electron chi connectivity index (χ0n) is 7.82. The Kier molecular flexibility index (Phi) is 2.55. The van der Waals surface area contributed by atoms with Crippen molar-refractivity contribution in [3.8, 4) is 17.6 Å². The van der Waals surface area contributed by atoms with Gasteiger partial charge in [-0.2, -0.15) is 5.26 Å². The van der Waals surface area contributed by atoms with E-state index in [4.69, 9.17) is 14.7 Å². The molecule has 0 fully saturated rings. The van der Waals surface area contributed by atoms with Crippen LogP contribution in [0.2, 0.25) is 0 Å². The largest absolute Gasteiger partial charge is 0.490 e. The molecule has 0 saturated heterocycles. The first-order chi connectivity index (χ1) is 6.90. The molecule has 2 rings (SSSR count). The summed E-state index contributed by atoms with van der Waals surface area (Å²) in [6.45, 7) is 1.38. The summed E-state index contributed by atoms with van der Waals surface area (Å²) in [7, 11) is 0. The van der Waals surface area contributed by atoms with Crippen LogP contribution in [-0.2, 0) is 6.42 Å². The van der Waals surface area contributed by atoms with E-state index in [0.29, 0.717) is 19.6 Å². The molecule has 14 heavy (non-hydrogen) atoms. The quantitative estimate of drug-likeness (QED) is 0.677. The Morgan fingerprint density at radius 3 is 2.79 bits per heavy atom. The maximum atomic E-state index is 8.56. The topological polar surface area (TPSA) is 42.2 Å². The van der Waals surface area contributed by atoms with Crippen LogP contribution in [0.25, 0.3) is 0 Å². The van der Waals surface area contributed by atoms with Crippen LogP contribution in [0, 0.1) is 11.3 Å². The molecule has 0 unspecified atom stereocenters. The molecule has 1 heterocycles. The summed E-state index contributed by atoms with van der Waals surface area (Å²) in [5, 5.41) is 8.56. The van der Waals surface area contributed by atoms with E-state index in [1.807, 2.05) is 18.2 Å². The Balaban J connectivity index is 2.28. The van der Waals surface area contributed by atoms with Gasteiger partial charge in [0.25, 0.3) is 0 Å². The van der Waals surface area contributed by atoms with Crippen LogP contribution in [0.3, 0.4) is 0 Å². The summed E-state index contributed by atoms with van der Waals surface area (Å²) >= 11 is 0. The lowest BCUT2D eigenvalue weighted by Crippen LogP contribution is -1.97. The summed E-state index contributed by atoms with van der Waals surface area (Å²) in [6, 6.07) is 7.76. The second-order valence-electron chi connectivity index (χ2n) is 3.17. The number of nitriles is 1. The molecule has 0 aliphatic carbocycles. The van der Waals surface area contributed by atoms with Gasteiger partial charge in [-0.15, -0.1) is 0 Å². The molecule has 0 bridgehead atoms. The lowest BCUT2D eigenvalue weighted by atomic mass is 10.1. The van der Waals surface area contributed by atoms with E-state index >= 15 is 0 Å². The molecule has 0 atom stereocenters. The fourth-order valence-electron chi connectivity index (χ4n) is 1.41. The minimum atomic E-state index is 0.413. The number of ether oxygens (including phenoxy) is 2. The Hall–Kier alpha value is -1.69. The van der Waals surface area contributed by atoms with E-state index in [1.165, 1.54) is 0 Å². The predicted molar refractivity (Wildman–Crippen MR) is 51.4 cm³/mol. The van der Waals surface area contributed by atoms with Crippen molar-refractivity contribution in [2.75, 3.05) is 13.2 Å². The van der Waals surface area contributed by atoms with Gasteiger partial charge in [-0.05, 0) is 17.7 Å². The Bertz CT molecular complexity index is 368. The number of hydrogen-bond acceptors (Lipinski definition) is 3. The third kappa shape index (κ3) is 1.80. The summed E-state index contributed by atoms with van der Waals surface area (Å²) in [6.07, 6.45) is 1.32. The fourth-order valence-corrected chi connectivity index (χ4v) is 1.41. The van der Waals surface area contributed by atoms with E-state index in [-0.39, 0.29) is 0 Å². The average Bonchev–Trinajstić information content (AvgIpc) is 2.42. The van der Waals surface area contributed by atoms with E-state index in [1.54, 1.807) is 0 Å². The molecule has 0 N–H and O–H groups in total. The van der Waals surface area contributed by atoms with Crippen molar-refractivity contribution < 1.29 is 9.47 Å². The first kappa shape index (κ1) is 8.89. The van der Waals surface area contributed by atoms with Gasteiger partial charge in [0.05, 0.1) is 25.7 Å². The maximum absolute atomic E-state index is 8.56. The van der Waals surface area contributed by atoms with Crippen molar-refractivity contribution >= 4 is 0 Å². The van der Waals surface area contributed by atoms with Gasteiger partial charge < -0.3 is 9.47 Å². The highest BCUT2D eigenvalue weighted by atomic mass is 16.5. The molecule has 0 saturated carbocycles. The predicted octanol–water partition coefficient (Wildman–Crippen LogP) is 1.91. The molecule has 0 radical (unpaired) electrons. The van der Waals surface area contributed by atoms with Gasteiger partial charge in [0.2, 0.25) is 0 Å². The van der Waals surface area contributed by atoms with Gasteiger partial charge in [-0.3, -0.25) is 0 Å². The third-order valence-corrected chi connectivity index (χ3v) is 2.10. The second kappa shape index (κ2) is 4.01. The lowest BCUT2D eigenvalue weighted by Gasteiger charge is -2.07. The summed E-state index contributed by atoms with van der Waals surface area (Å²) < 4.78 is 11.0. The van der Waals surface area contributed by atoms with Crippen LogP contribution in [0.15, 0.2) is 18.2 Å².